The number of aromatic nitrogens is 1. The molecule has 2 saturated heterocycles. The maximum absolute atomic E-state index is 12.7. The minimum Gasteiger partial charge on any atom is -0.334 e. The van der Waals surface area contributed by atoms with Crippen LogP contribution in [0.5, 0.6) is 0 Å². The van der Waals surface area contributed by atoms with Crippen molar-refractivity contribution in [2.45, 2.75) is 32.2 Å². The Hall–Kier alpha value is -1.46. The van der Waals surface area contributed by atoms with E-state index in [0.29, 0.717) is 11.7 Å². The van der Waals surface area contributed by atoms with Gasteiger partial charge in [0.15, 0.2) is 0 Å². The summed E-state index contributed by atoms with van der Waals surface area (Å²) in [6, 6.07) is 4.42. The van der Waals surface area contributed by atoms with E-state index >= 15 is 0 Å². The average molecular weight is 316 g/mol. The van der Waals surface area contributed by atoms with E-state index in [9.17, 15) is 4.79 Å². The number of fused-ring (bicyclic) bond motifs is 1. The Morgan fingerprint density at radius 3 is 2.78 bits per heavy atom. The second kappa shape index (κ2) is 7.41. The fourth-order valence-electron chi connectivity index (χ4n) is 3.54. The molecule has 2 aliphatic heterocycles. The second-order valence-corrected chi connectivity index (χ2v) is 6.86. The highest BCUT2D eigenvalue weighted by Crippen LogP contribution is 2.16. The number of amides is 1. The van der Waals surface area contributed by atoms with Gasteiger partial charge < -0.3 is 9.80 Å². The van der Waals surface area contributed by atoms with E-state index < -0.39 is 0 Å². The Balaban J connectivity index is 1.61. The van der Waals surface area contributed by atoms with Crippen molar-refractivity contribution in [1.82, 2.24) is 19.7 Å². The molecule has 1 atom stereocenters. The summed E-state index contributed by atoms with van der Waals surface area (Å²) in [4.78, 5) is 24.0. The van der Waals surface area contributed by atoms with E-state index in [-0.39, 0.29) is 5.91 Å². The number of piperazine rings is 2. The third kappa shape index (κ3) is 3.90. The lowest BCUT2D eigenvalue weighted by atomic mass is 10.1. The summed E-state index contributed by atoms with van der Waals surface area (Å²) < 4.78 is 0. The molecule has 1 amide bonds. The van der Waals surface area contributed by atoms with Gasteiger partial charge in [0, 0.05) is 51.5 Å². The van der Waals surface area contributed by atoms with Gasteiger partial charge in [-0.2, -0.15) is 0 Å². The molecule has 0 bridgehead atoms. The smallest absolute Gasteiger partial charge is 0.272 e. The van der Waals surface area contributed by atoms with Gasteiger partial charge in [0.05, 0.1) is 0 Å². The first-order valence-corrected chi connectivity index (χ1v) is 8.84. The van der Waals surface area contributed by atoms with Crippen molar-refractivity contribution in [1.29, 1.82) is 0 Å². The van der Waals surface area contributed by atoms with E-state index in [0.717, 1.165) is 45.7 Å². The minimum atomic E-state index is 0.0833. The van der Waals surface area contributed by atoms with E-state index in [1.807, 2.05) is 17.2 Å². The summed E-state index contributed by atoms with van der Waals surface area (Å²) in [6.07, 6.45) is 5.27. The lowest BCUT2D eigenvalue weighted by Gasteiger charge is -2.46. The van der Waals surface area contributed by atoms with Gasteiger partial charge in [0.1, 0.15) is 5.69 Å². The topological polar surface area (TPSA) is 39.7 Å². The van der Waals surface area contributed by atoms with Crippen LogP contribution in [0.25, 0.3) is 0 Å². The van der Waals surface area contributed by atoms with Crippen molar-refractivity contribution >= 4 is 5.91 Å². The van der Waals surface area contributed by atoms with Crippen LogP contribution in [0.2, 0.25) is 0 Å². The molecule has 1 aromatic heterocycles. The fourth-order valence-corrected chi connectivity index (χ4v) is 3.54. The number of aryl methyl sites for hydroxylation is 1. The number of pyridine rings is 1. The molecule has 0 aromatic carbocycles. The Bertz CT molecular complexity index is 530. The molecule has 0 aliphatic carbocycles. The van der Waals surface area contributed by atoms with E-state index in [1.54, 1.807) is 0 Å². The van der Waals surface area contributed by atoms with Crippen LogP contribution in [0.4, 0.5) is 0 Å². The monoisotopic (exact) mass is 316 g/mol. The highest BCUT2D eigenvalue weighted by atomic mass is 16.2. The molecule has 3 heterocycles. The number of nitrogens with zero attached hydrogens (tertiary/aromatic N) is 4. The number of carbonyl (C=O) groups excluding carboxylic acids is 1. The quantitative estimate of drug-likeness (QED) is 0.844. The lowest BCUT2D eigenvalue weighted by Crippen LogP contribution is -2.62. The molecule has 23 heavy (non-hydrogen) atoms. The summed E-state index contributed by atoms with van der Waals surface area (Å²) in [6.45, 7) is 8.11. The highest BCUT2D eigenvalue weighted by molar-refractivity contribution is 5.92. The molecule has 2 fully saturated rings. The van der Waals surface area contributed by atoms with Crippen LogP contribution in [0.15, 0.2) is 18.3 Å². The van der Waals surface area contributed by atoms with Gasteiger partial charge in [-0.05, 0) is 31.5 Å². The second-order valence-electron chi connectivity index (χ2n) is 6.86. The zero-order valence-electron chi connectivity index (χ0n) is 14.4. The highest BCUT2D eigenvalue weighted by Gasteiger charge is 2.33. The van der Waals surface area contributed by atoms with Gasteiger partial charge in [-0.3, -0.25) is 14.7 Å². The molecule has 5 nitrogen and oxygen atoms in total. The Morgan fingerprint density at radius 2 is 2.04 bits per heavy atom. The maximum atomic E-state index is 12.7. The summed E-state index contributed by atoms with van der Waals surface area (Å²) in [5.41, 5.74) is 1.81. The normalized spacial score (nSPS) is 22.9. The molecule has 5 heteroatoms. The van der Waals surface area contributed by atoms with E-state index in [2.05, 4.69) is 34.8 Å². The summed E-state index contributed by atoms with van der Waals surface area (Å²) in [5.74, 6) is 0.0833. The number of rotatable bonds is 4. The standard InChI is InChI=1S/C18H28N4O/c1-3-4-5-15-6-7-17(19-12-15)18(23)22-11-10-21-9-8-20(2)13-16(21)14-22/h6-7,12,16H,3-5,8-11,13-14H2,1-2H3/t16-/m1/s1. The molecule has 0 radical (unpaired) electrons. The predicted molar refractivity (Wildman–Crippen MR) is 91.6 cm³/mol. The van der Waals surface area contributed by atoms with Crippen LogP contribution in [0.3, 0.4) is 0 Å². The van der Waals surface area contributed by atoms with Crippen molar-refractivity contribution < 1.29 is 4.79 Å². The number of hydrogen-bond donors (Lipinski definition) is 0. The van der Waals surface area contributed by atoms with E-state index in [4.69, 9.17) is 0 Å². The zero-order chi connectivity index (χ0) is 16.2. The lowest BCUT2D eigenvalue weighted by molar-refractivity contribution is 0.0187. The minimum absolute atomic E-state index is 0.0833. The number of hydrogen-bond acceptors (Lipinski definition) is 4. The van der Waals surface area contributed by atoms with Gasteiger partial charge in [-0.15, -0.1) is 0 Å². The summed E-state index contributed by atoms with van der Waals surface area (Å²) in [7, 11) is 2.16. The predicted octanol–water partition coefficient (Wildman–Crippen LogP) is 1.50. The van der Waals surface area contributed by atoms with Crippen molar-refractivity contribution in [2.75, 3.05) is 46.3 Å². The maximum Gasteiger partial charge on any atom is 0.272 e. The Kier molecular flexibility index (Phi) is 5.28. The van der Waals surface area contributed by atoms with Crippen molar-refractivity contribution in [3.8, 4) is 0 Å². The molecule has 3 rings (SSSR count). The molecule has 0 unspecified atom stereocenters. The van der Waals surface area contributed by atoms with Crippen LogP contribution >= 0.6 is 0 Å². The Labute approximate surface area is 139 Å². The molecular formula is C18H28N4O. The van der Waals surface area contributed by atoms with Crippen LogP contribution < -0.4 is 0 Å². The first-order chi connectivity index (χ1) is 11.2. The SMILES string of the molecule is CCCCc1ccc(C(=O)N2CCN3CCN(C)C[C@@H]3C2)nc1. The number of likely N-dealkylation sites (N-methyl/N-ethyl adjacent to an activating group) is 1. The average Bonchev–Trinajstić information content (AvgIpc) is 2.59. The molecule has 0 saturated carbocycles. The van der Waals surface area contributed by atoms with Crippen LogP contribution in [-0.2, 0) is 6.42 Å². The molecule has 2 aliphatic rings. The van der Waals surface area contributed by atoms with Gasteiger partial charge in [0.25, 0.3) is 5.91 Å². The van der Waals surface area contributed by atoms with Gasteiger partial charge in [-0.25, -0.2) is 0 Å². The molecule has 0 spiro atoms. The number of carbonyl (C=O) groups is 1. The Morgan fingerprint density at radius 1 is 1.22 bits per heavy atom. The first kappa shape index (κ1) is 16.4. The van der Waals surface area contributed by atoms with Crippen molar-refractivity contribution in [2.24, 2.45) is 0 Å². The molecule has 1 aromatic rings. The number of unbranched alkanes of at least 4 members (excludes halogenated alkanes) is 1. The van der Waals surface area contributed by atoms with Crippen LogP contribution in [-0.4, -0.2) is 77.9 Å². The van der Waals surface area contributed by atoms with Gasteiger partial charge in [-0.1, -0.05) is 19.4 Å². The van der Waals surface area contributed by atoms with Crippen molar-refractivity contribution in [3.63, 3.8) is 0 Å². The fraction of sp³-hybridized carbons (Fsp3) is 0.667. The van der Waals surface area contributed by atoms with Gasteiger partial charge in [0.2, 0.25) is 0 Å². The van der Waals surface area contributed by atoms with Crippen LogP contribution in [0.1, 0.15) is 35.8 Å². The van der Waals surface area contributed by atoms with Crippen molar-refractivity contribution in [3.05, 3.63) is 29.6 Å². The van der Waals surface area contributed by atoms with Crippen LogP contribution in [0, 0.1) is 0 Å². The van der Waals surface area contributed by atoms with E-state index in [1.165, 1.54) is 18.4 Å². The summed E-state index contributed by atoms with van der Waals surface area (Å²) in [5, 5.41) is 0. The third-order valence-electron chi connectivity index (χ3n) is 5.05. The van der Waals surface area contributed by atoms with Gasteiger partial charge >= 0.3 is 0 Å². The first-order valence-electron chi connectivity index (χ1n) is 8.84. The molecule has 126 valence electrons. The molecule has 0 N–H and O–H groups in total. The molecular weight excluding hydrogens is 288 g/mol. The zero-order valence-corrected chi connectivity index (χ0v) is 14.4. The third-order valence-corrected chi connectivity index (χ3v) is 5.05. The summed E-state index contributed by atoms with van der Waals surface area (Å²) >= 11 is 0. The largest absolute Gasteiger partial charge is 0.334 e.